The number of anilines is 2. The third-order valence-corrected chi connectivity index (χ3v) is 4.40. The Morgan fingerprint density at radius 1 is 0.625 bits per heavy atom. The van der Waals surface area contributed by atoms with Gasteiger partial charge in [-0.05, 0) is 57.4 Å². The molecule has 3 aromatic rings. The van der Waals surface area contributed by atoms with E-state index in [1.807, 2.05) is 0 Å². The van der Waals surface area contributed by atoms with Crippen molar-refractivity contribution >= 4 is 11.4 Å². The molecule has 0 saturated heterocycles. The Bertz CT molecular complexity index is 847. The van der Waals surface area contributed by atoms with Gasteiger partial charge in [0.1, 0.15) is 0 Å². The number of hydrogen-bond donors (Lipinski definition) is 1. The van der Waals surface area contributed by atoms with E-state index >= 15 is 0 Å². The summed E-state index contributed by atoms with van der Waals surface area (Å²) in [5.41, 5.74) is 11.3. The zero-order chi connectivity index (χ0) is 17.3. The number of nitrogens with one attached hydrogen (secondary N) is 1. The summed E-state index contributed by atoms with van der Waals surface area (Å²) in [7, 11) is 0. The topological polar surface area (TPSA) is 12.0 Å². The highest BCUT2D eigenvalue weighted by Gasteiger charge is 2.09. The quantitative estimate of drug-likeness (QED) is 0.571. The SMILES string of the molecule is Cc1cc(C)cc(-c2ccccc2Nc2c(C)cc(C)cc2C)c1. The van der Waals surface area contributed by atoms with Crippen LogP contribution in [0.1, 0.15) is 27.8 Å². The van der Waals surface area contributed by atoms with Gasteiger partial charge < -0.3 is 5.32 Å². The Morgan fingerprint density at radius 3 is 1.79 bits per heavy atom. The van der Waals surface area contributed by atoms with Crippen molar-refractivity contribution in [2.45, 2.75) is 34.6 Å². The maximum absolute atomic E-state index is 3.67. The third-order valence-electron chi connectivity index (χ3n) is 4.40. The molecule has 0 atom stereocenters. The van der Waals surface area contributed by atoms with Crippen LogP contribution in [0, 0.1) is 34.6 Å². The van der Waals surface area contributed by atoms with Gasteiger partial charge in [0.15, 0.2) is 0 Å². The molecular weight excluding hydrogens is 290 g/mol. The lowest BCUT2D eigenvalue weighted by Crippen LogP contribution is -1.99. The summed E-state index contributed by atoms with van der Waals surface area (Å²) < 4.78 is 0. The Morgan fingerprint density at radius 2 is 1.17 bits per heavy atom. The lowest BCUT2D eigenvalue weighted by atomic mass is 9.98. The minimum absolute atomic E-state index is 1.15. The molecule has 0 fully saturated rings. The summed E-state index contributed by atoms with van der Waals surface area (Å²) in [6.45, 7) is 10.8. The zero-order valence-corrected chi connectivity index (χ0v) is 15.2. The molecule has 0 amide bonds. The highest BCUT2D eigenvalue weighted by atomic mass is 14.9. The molecule has 0 bridgehead atoms. The van der Waals surface area contributed by atoms with Gasteiger partial charge in [0.05, 0.1) is 0 Å². The molecule has 1 nitrogen and oxygen atoms in total. The van der Waals surface area contributed by atoms with Gasteiger partial charge in [0, 0.05) is 16.9 Å². The number of benzene rings is 3. The fraction of sp³-hybridized carbons (Fsp3) is 0.217. The average molecular weight is 315 g/mol. The van der Waals surface area contributed by atoms with E-state index < -0.39 is 0 Å². The zero-order valence-electron chi connectivity index (χ0n) is 15.2. The second-order valence-electron chi connectivity index (χ2n) is 6.82. The molecule has 0 heterocycles. The van der Waals surface area contributed by atoms with E-state index in [-0.39, 0.29) is 0 Å². The van der Waals surface area contributed by atoms with Crippen LogP contribution in [0.2, 0.25) is 0 Å². The van der Waals surface area contributed by atoms with E-state index in [1.165, 1.54) is 44.6 Å². The molecule has 24 heavy (non-hydrogen) atoms. The van der Waals surface area contributed by atoms with Gasteiger partial charge >= 0.3 is 0 Å². The van der Waals surface area contributed by atoms with Crippen molar-refractivity contribution in [1.82, 2.24) is 0 Å². The van der Waals surface area contributed by atoms with Gasteiger partial charge in [0.2, 0.25) is 0 Å². The Labute approximate surface area is 145 Å². The summed E-state index contributed by atoms with van der Waals surface area (Å²) in [5, 5.41) is 3.67. The molecular formula is C23H25N. The van der Waals surface area contributed by atoms with Crippen molar-refractivity contribution in [2.75, 3.05) is 5.32 Å². The van der Waals surface area contributed by atoms with Gasteiger partial charge in [0.25, 0.3) is 0 Å². The summed E-state index contributed by atoms with van der Waals surface area (Å²) in [6.07, 6.45) is 0. The van der Waals surface area contributed by atoms with Crippen molar-refractivity contribution in [3.8, 4) is 11.1 Å². The lowest BCUT2D eigenvalue weighted by molar-refractivity contribution is 1.31. The van der Waals surface area contributed by atoms with Crippen LogP contribution in [-0.2, 0) is 0 Å². The van der Waals surface area contributed by atoms with E-state index in [0.717, 1.165) is 5.69 Å². The van der Waals surface area contributed by atoms with E-state index in [9.17, 15) is 0 Å². The molecule has 3 rings (SSSR count). The largest absolute Gasteiger partial charge is 0.355 e. The second kappa shape index (κ2) is 6.52. The van der Waals surface area contributed by atoms with E-state index in [2.05, 4.69) is 94.5 Å². The molecule has 1 heteroatoms. The summed E-state index contributed by atoms with van der Waals surface area (Å²) in [5.74, 6) is 0. The van der Waals surface area contributed by atoms with Crippen molar-refractivity contribution in [1.29, 1.82) is 0 Å². The third kappa shape index (κ3) is 3.35. The minimum atomic E-state index is 1.15. The summed E-state index contributed by atoms with van der Waals surface area (Å²) in [4.78, 5) is 0. The van der Waals surface area contributed by atoms with Gasteiger partial charge in [-0.1, -0.05) is 65.2 Å². The molecule has 0 unspecified atom stereocenters. The van der Waals surface area contributed by atoms with Crippen LogP contribution in [0.3, 0.4) is 0 Å². The average Bonchev–Trinajstić information content (AvgIpc) is 2.50. The standard InChI is InChI=1S/C23H25N/c1-15-10-16(2)14-20(13-15)21-8-6-7-9-22(21)24-23-18(4)11-17(3)12-19(23)5/h6-14,24H,1-5H3. The maximum atomic E-state index is 3.67. The first-order valence-electron chi connectivity index (χ1n) is 8.46. The number of hydrogen-bond acceptors (Lipinski definition) is 1. The number of rotatable bonds is 3. The Balaban J connectivity index is 2.08. The molecule has 0 aliphatic heterocycles. The Kier molecular flexibility index (Phi) is 4.44. The fourth-order valence-electron chi connectivity index (χ4n) is 3.49. The highest BCUT2D eigenvalue weighted by molar-refractivity contribution is 5.82. The molecule has 0 saturated carbocycles. The Hall–Kier alpha value is -2.54. The van der Waals surface area contributed by atoms with Gasteiger partial charge in [-0.2, -0.15) is 0 Å². The van der Waals surface area contributed by atoms with Crippen LogP contribution < -0.4 is 5.32 Å². The first kappa shape index (κ1) is 16.3. The molecule has 1 N–H and O–H groups in total. The van der Waals surface area contributed by atoms with E-state index in [0.29, 0.717) is 0 Å². The van der Waals surface area contributed by atoms with Crippen molar-refractivity contribution in [3.63, 3.8) is 0 Å². The van der Waals surface area contributed by atoms with Gasteiger partial charge in [-0.25, -0.2) is 0 Å². The van der Waals surface area contributed by atoms with Crippen molar-refractivity contribution < 1.29 is 0 Å². The predicted octanol–water partition coefficient (Wildman–Crippen LogP) is 6.64. The number of para-hydroxylation sites is 1. The minimum Gasteiger partial charge on any atom is -0.355 e. The van der Waals surface area contributed by atoms with Crippen LogP contribution in [0.25, 0.3) is 11.1 Å². The second-order valence-corrected chi connectivity index (χ2v) is 6.82. The molecule has 122 valence electrons. The summed E-state index contributed by atoms with van der Waals surface area (Å²) in [6, 6.07) is 19.7. The van der Waals surface area contributed by atoms with Crippen molar-refractivity contribution in [2.24, 2.45) is 0 Å². The molecule has 3 aromatic carbocycles. The van der Waals surface area contributed by atoms with Gasteiger partial charge in [-0.15, -0.1) is 0 Å². The normalized spacial score (nSPS) is 10.7. The fourth-order valence-corrected chi connectivity index (χ4v) is 3.49. The summed E-state index contributed by atoms with van der Waals surface area (Å²) >= 11 is 0. The van der Waals surface area contributed by atoms with Crippen LogP contribution in [-0.4, -0.2) is 0 Å². The number of aryl methyl sites for hydroxylation is 5. The van der Waals surface area contributed by atoms with E-state index in [4.69, 9.17) is 0 Å². The predicted molar refractivity (Wildman–Crippen MR) is 105 cm³/mol. The van der Waals surface area contributed by atoms with Crippen LogP contribution in [0.15, 0.2) is 54.6 Å². The first-order valence-corrected chi connectivity index (χ1v) is 8.46. The molecule has 0 aliphatic carbocycles. The van der Waals surface area contributed by atoms with Crippen LogP contribution in [0.4, 0.5) is 11.4 Å². The molecule has 0 radical (unpaired) electrons. The monoisotopic (exact) mass is 315 g/mol. The smallest absolute Gasteiger partial charge is 0.0464 e. The molecule has 0 aliphatic rings. The molecule has 0 aromatic heterocycles. The van der Waals surface area contributed by atoms with Crippen molar-refractivity contribution in [3.05, 3.63) is 82.4 Å². The van der Waals surface area contributed by atoms with Crippen LogP contribution in [0.5, 0.6) is 0 Å². The van der Waals surface area contributed by atoms with Crippen LogP contribution >= 0.6 is 0 Å². The highest BCUT2D eigenvalue weighted by Crippen LogP contribution is 2.33. The first-order chi connectivity index (χ1) is 11.4. The maximum Gasteiger partial charge on any atom is 0.0464 e. The van der Waals surface area contributed by atoms with Gasteiger partial charge in [-0.3, -0.25) is 0 Å². The molecule has 0 spiro atoms. The van der Waals surface area contributed by atoms with E-state index in [1.54, 1.807) is 0 Å². The lowest BCUT2D eigenvalue weighted by Gasteiger charge is -2.17.